The molecule has 0 aliphatic carbocycles. The maximum Gasteiger partial charge on any atom is 0.200 e. The molecular weight excluding hydrogens is 517 g/mol. The summed E-state index contributed by atoms with van der Waals surface area (Å²) in [6, 6.07) is 10.1. The minimum atomic E-state index is -0.502. The van der Waals surface area contributed by atoms with Crippen LogP contribution in [0.15, 0.2) is 57.9 Å². The summed E-state index contributed by atoms with van der Waals surface area (Å²) in [6.07, 6.45) is 4.81. The van der Waals surface area contributed by atoms with Gasteiger partial charge in [-0.05, 0) is 69.5 Å². The fourth-order valence-electron chi connectivity index (χ4n) is 4.27. The van der Waals surface area contributed by atoms with Crippen molar-refractivity contribution in [1.29, 1.82) is 0 Å². The number of anilines is 1. The van der Waals surface area contributed by atoms with Crippen LogP contribution in [0, 0.1) is 5.82 Å². The lowest BCUT2D eigenvalue weighted by molar-refractivity contribution is 0.0986. The van der Waals surface area contributed by atoms with Crippen molar-refractivity contribution in [2.45, 2.75) is 29.4 Å². The maximum absolute atomic E-state index is 14.7. The second-order valence-electron chi connectivity index (χ2n) is 8.99. The summed E-state index contributed by atoms with van der Waals surface area (Å²) in [4.78, 5) is 15.3. The molecule has 1 saturated heterocycles. The largest absolute Gasteiger partial charge is 0.393 e. The zero-order valence-corrected chi connectivity index (χ0v) is 22.5. The van der Waals surface area contributed by atoms with Gasteiger partial charge in [0.1, 0.15) is 6.61 Å². The maximum atomic E-state index is 14.7. The van der Waals surface area contributed by atoms with Crippen LogP contribution in [0.25, 0.3) is 16.6 Å². The van der Waals surface area contributed by atoms with Gasteiger partial charge in [-0.15, -0.1) is 22.6 Å². The Morgan fingerprint density at radius 2 is 2.11 bits per heavy atom. The van der Waals surface area contributed by atoms with Crippen LogP contribution in [0.5, 0.6) is 0 Å². The lowest BCUT2D eigenvalue weighted by atomic mass is 10.2. The summed E-state index contributed by atoms with van der Waals surface area (Å²) in [7, 11) is 4.25. The number of aromatic nitrogens is 4. The van der Waals surface area contributed by atoms with Crippen LogP contribution in [0.3, 0.4) is 0 Å². The first kappa shape index (κ1) is 27.1. The van der Waals surface area contributed by atoms with Crippen LogP contribution < -0.4 is 4.90 Å². The molecule has 1 fully saturated rings. The summed E-state index contributed by atoms with van der Waals surface area (Å²) in [5.74, 6) is -0.502. The van der Waals surface area contributed by atoms with E-state index < -0.39 is 5.82 Å². The van der Waals surface area contributed by atoms with Gasteiger partial charge >= 0.3 is 0 Å². The monoisotopic (exact) mass is 545 g/mol. The van der Waals surface area contributed by atoms with Crippen LogP contribution in [0.4, 0.5) is 10.1 Å². The third kappa shape index (κ3) is 5.80. The van der Waals surface area contributed by atoms with Gasteiger partial charge in [0, 0.05) is 41.2 Å². The van der Waals surface area contributed by atoms with Gasteiger partial charge in [-0.25, -0.2) is 4.39 Å². The minimum absolute atomic E-state index is 0. The number of hydrogen-bond donors (Lipinski definition) is 1. The number of pyridine rings is 2. The first-order valence-electron chi connectivity index (χ1n) is 11.7. The highest BCUT2D eigenvalue weighted by Crippen LogP contribution is 2.31. The Bertz CT molecular complexity index is 1430. The molecule has 0 amide bonds. The number of hydrogen-bond acceptors (Lipinski definition) is 9. The van der Waals surface area contributed by atoms with E-state index in [1.54, 1.807) is 17.5 Å². The zero-order chi connectivity index (χ0) is 25.2. The highest BCUT2D eigenvalue weighted by atomic mass is 35.5. The van der Waals surface area contributed by atoms with Crippen molar-refractivity contribution in [2.75, 3.05) is 45.3 Å². The molecule has 1 aliphatic rings. The number of likely N-dealkylation sites (N-methyl/N-ethyl adjacent to an activating group) is 1. The summed E-state index contributed by atoms with van der Waals surface area (Å²) in [5.41, 5.74) is 3.19. The van der Waals surface area contributed by atoms with E-state index in [2.05, 4.69) is 56.4 Å². The van der Waals surface area contributed by atoms with Gasteiger partial charge in [0.15, 0.2) is 11.5 Å². The predicted octanol–water partition coefficient (Wildman–Crippen LogP) is 3.86. The summed E-state index contributed by atoms with van der Waals surface area (Å²) in [6.45, 7) is 3.64. The Hall–Kier alpha value is -2.99. The molecule has 0 bridgehead atoms. The molecular formula is C25H29ClFN7O2S. The zero-order valence-electron chi connectivity index (χ0n) is 20.8. The molecule has 12 heteroatoms. The second kappa shape index (κ2) is 11.6. The van der Waals surface area contributed by atoms with Crippen molar-refractivity contribution in [3.05, 3.63) is 54.1 Å². The van der Waals surface area contributed by atoms with Gasteiger partial charge in [0.25, 0.3) is 0 Å². The van der Waals surface area contributed by atoms with E-state index in [4.69, 9.17) is 9.94 Å². The summed E-state index contributed by atoms with van der Waals surface area (Å²) >= 11 is 1.40. The highest BCUT2D eigenvalue weighted by Gasteiger charge is 2.24. The lowest BCUT2D eigenvalue weighted by Gasteiger charge is -2.21. The van der Waals surface area contributed by atoms with E-state index in [-0.39, 0.29) is 31.3 Å². The number of halogens is 2. The van der Waals surface area contributed by atoms with Crippen LogP contribution in [0.1, 0.15) is 18.9 Å². The number of fused-ring (bicyclic) bond motifs is 2. The molecule has 0 unspecified atom stereocenters. The molecule has 196 valence electrons. The van der Waals surface area contributed by atoms with E-state index in [0.29, 0.717) is 22.5 Å². The van der Waals surface area contributed by atoms with Crippen LogP contribution in [-0.2, 0) is 4.84 Å². The SMILES string of the molecule is C/C(=N\OCCO)c1cc(F)c2nnc(Sc3ccc4ncc(N5CC[C@H](N(C)C)C5)cc4c3)n2c1.Cl. The molecule has 0 saturated carbocycles. The van der Waals surface area contributed by atoms with Gasteiger partial charge in [-0.2, -0.15) is 0 Å². The topological polar surface area (TPSA) is 91.4 Å². The van der Waals surface area contributed by atoms with Crippen molar-refractivity contribution in [3.8, 4) is 0 Å². The Morgan fingerprint density at radius 1 is 1.27 bits per heavy atom. The van der Waals surface area contributed by atoms with Crippen molar-refractivity contribution >= 4 is 52.1 Å². The van der Waals surface area contributed by atoms with E-state index >= 15 is 0 Å². The van der Waals surface area contributed by atoms with E-state index in [1.165, 1.54) is 17.8 Å². The molecule has 3 aromatic heterocycles. The number of oxime groups is 1. The number of nitrogens with zero attached hydrogens (tertiary/aromatic N) is 7. The number of rotatable bonds is 8. The quantitative estimate of drug-likeness (QED) is 0.203. The van der Waals surface area contributed by atoms with Crippen molar-refractivity contribution in [3.63, 3.8) is 0 Å². The van der Waals surface area contributed by atoms with Crippen LogP contribution in [-0.4, -0.2) is 81.7 Å². The number of benzene rings is 1. The average molecular weight is 546 g/mol. The van der Waals surface area contributed by atoms with Crippen molar-refractivity contribution in [2.24, 2.45) is 5.16 Å². The average Bonchev–Trinajstić information content (AvgIpc) is 3.52. The Labute approximate surface area is 224 Å². The molecule has 4 aromatic rings. The predicted molar refractivity (Wildman–Crippen MR) is 146 cm³/mol. The number of aliphatic hydroxyl groups is 1. The Morgan fingerprint density at radius 3 is 2.86 bits per heavy atom. The van der Waals surface area contributed by atoms with Crippen molar-refractivity contribution in [1.82, 2.24) is 24.5 Å². The standard InChI is InChI=1S/C25H28FN7O2S.ClH/c1-16(30-35-9-8-34)18-12-22(26)24-28-29-25(33(24)14-18)36-21-4-5-23-17(11-21)10-20(13-27-23)32-7-6-19(15-32)31(2)3;/h4-5,10-14,19,34H,6-9,15H2,1-3H3;1H/b30-16+;/t19-;/m0./s1. The van der Waals surface area contributed by atoms with Crippen molar-refractivity contribution < 1.29 is 14.3 Å². The molecule has 1 atom stereocenters. The molecule has 1 aromatic carbocycles. The van der Waals surface area contributed by atoms with Gasteiger partial charge < -0.3 is 19.7 Å². The normalized spacial score (nSPS) is 16.1. The fourth-order valence-corrected chi connectivity index (χ4v) is 5.13. The van der Waals surface area contributed by atoms with E-state index in [0.717, 1.165) is 41.0 Å². The first-order chi connectivity index (χ1) is 17.4. The van der Waals surface area contributed by atoms with Gasteiger partial charge in [0.2, 0.25) is 5.16 Å². The summed E-state index contributed by atoms with van der Waals surface area (Å²) in [5, 5.41) is 22.6. The Balaban J connectivity index is 0.00000320. The molecule has 4 heterocycles. The molecule has 5 rings (SSSR count). The van der Waals surface area contributed by atoms with Gasteiger partial charge in [-0.1, -0.05) is 5.16 Å². The first-order valence-corrected chi connectivity index (χ1v) is 12.6. The lowest BCUT2D eigenvalue weighted by Crippen LogP contribution is -2.31. The van der Waals surface area contributed by atoms with E-state index in [1.807, 2.05) is 18.3 Å². The molecule has 0 radical (unpaired) electrons. The molecule has 1 aliphatic heterocycles. The smallest absolute Gasteiger partial charge is 0.200 e. The van der Waals surface area contributed by atoms with Gasteiger partial charge in [-0.3, -0.25) is 9.38 Å². The molecule has 37 heavy (non-hydrogen) atoms. The van der Waals surface area contributed by atoms with Crippen LogP contribution >= 0.6 is 24.2 Å². The second-order valence-corrected chi connectivity index (χ2v) is 10.0. The minimum Gasteiger partial charge on any atom is -0.393 e. The van der Waals surface area contributed by atoms with Gasteiger partial charge in [0.05, 0.1) is 29.7 Å². The third-order valence-corrected chi connectivity index (χ3v) is 7.29. The Kier molecular flexibility index (Phi) is 8.48. The third-order valence-electron chi connectivity index (χ3n) is 6.34. The summed E-state index contributed by atoms with van der Waals surface area (Å²) < 4.78 is 16.4. The molecule has 1 N–H and O–H groups in total. The van der Waals surface area contributed by atoms with E-state index in [9.17, 15) is 4.39 Å². The number of aliphatic hydroxyl groups excluding tert-OH is 1. The molecule has 9 nitrogen and oxygen atoms in total. The molecule has 0 spiro atoms. The van der Waals surface area contributed by atoms with Crippen LogP contribution in [0.2, 0.25) is 0 Å². The highest BCUT2D eigenvalue weighted by molar-refractivity contribution is 7.99. The fraction of sp³-hybridized carbons (Fsp3) is 0.360.